The summed E-state index contributed by atoms with van der Waals surface area (Å²) in [6.07, 6.45) is 2.19. The van der Waals surface area contributed by atoms with Crippen LogP contribution in [-0.2, 0) is 11.3 Å². The van der Waals surface area contributed by atoms with E-state index in [-0.39, 0.29) is 0 Å². The second-order valence-corrected chi connectivity index (χ2v) is 4.59. The Bertz CT molecular complexity index is 369. The molecular formula is C16H27NO3. The molecule has 20 heavy (non-hydrogen) atoms. The molecule has 0 bridgehead atoms. The minimum absolute atomic E-state index is 0.644. The minimum Gasteiger partial charge on any atom is -0.490 e. The van der Waals surface area contributed by atoms with Gasteiger partial charge in [0.1, 0.15) is 0 Å². The summed E-state index contributed by atoms with van der Waals surface area (Å²) in [6.45, 7) is 7.89. The molecule has 0 heterocycles. The van der Waals surface area contributed by atoms with Gasteiger partial charge in [-0.1, -0.05) is 19.4 Å². The first-order valence-corrected chi connectivity index (χ1v) is 7.40. The lowest BCUT2D eigenvalue weighted by atomic mass is 10.2. The number of hydrogen-bond acceptors (Lipinski definition) is 4. The number of benzene rings is 1. The predicted octanol–water partition coefficient (Wildman–Crippen LogP) is 3.00. The molecule has 1 aromatic rings. The lowest BCUT2D eigenvalue weighted by molar-refractivity contribution is 0.199. The third-order valence-corrected chi connectivity index (χ3v) is 2.88. The Kier molecular flexibility index (Phi) is 8.83. The maximum Gasteiger partial charge on any atom is 0.161 e. The summed E-state index contributed by atoms with van der Waals surface area (Å²) in [7, 11) is 1.71. The van der Waals surface area contributed by atoms with Gasteiger partial charge in [0.15, 0.2) is 11.5 Å². The number of unbranched alkanes of at least 4 members (excludes halogenated alkanes) is 1. The van der Waals surface area contributed by atoms with Gasteiger partial charge < -0.3 is 19.5 Å². The Morgan fingerprint density at radius 2 is 1.90 bits per heavy atom. The molecular weight excluding hydrogens is 254 g/mol. The van der Waals surface area contributed by atoms with Crippen molar-refractivity contribution >= 4 is 0 Å². The van der Waals surface area contributed by atoms with Gasteiger partial charge in [-0.3, -0.25) is 0 Å². The molecule has 4 nitrogen and oxygen atoms in total. The van der Waals surface area contributed by atoms with E-state index in [1.807, 2.05) is 19.1 Å². The predicted molar refractivity (Wildman–Crippen MR) is 81.6 cm³/mol. The van der Waals surface area contributed by atoms with Gasteiger partial charge in [0.05, 0.1) is 19.8 Å². The van der Waals surface area contributed by atoms with Crippen molar-refractivity contribution in [3.63, 3.8) is 0 Å². The summed E-state index contributed by atoms with van der Waals surface area (Å²) < 4.78 is 16.4. The third-order valence-electron chi connectivity index (χ3n) is 2.88. The smallest absolute Gasteiger partial charge is 0.161 e. The highest BCUT2D eigenvalue weighted by Crippen LogP contribution is 2.28. The SMILES string of the molecule is CCCCOc1ccc(CNCCOC)cc1OCC. The first-order valence-electron chi connectivity index (χ1n) is 7.40. The van der Waals surface area contributed by atoms with Gasteiger partial charge in [-0.05, 0) is 31.0 Å². The van der Waals surface area contributed by atoms with Crippen LogP contribution in [0.4, 0.5) is 0 Å². The molecule has 1 rings (SSSR count). The van der Waals surface area contributed by atoms with Gasteiger partial charge >= 0.3 is 0 Å². The molecule has 4 heteroatoms. The van der Waals surface area contributed by atoms with Gasteiger partial charge in [-0.15, -0.1) is 0 Å². The fourth-order valence-corrected chi connectivity index (χ4v) is 1.78. The highest BCUT2D eigenvalue weighted by atomic mass is 16.5. The van der Waals surface area contributed by atoms with Crippen molar-refractivity contribution in [1.29, 1.82) is 0 Å². The summed E-state index contributed by atoms with van der Waals surface area (Å²) in [5.74, 6) is 1.66. The normalized spacial score (nSPS) is 10.6. The lowest BCUT2D eigenvalue weighted by Gasteiger charge is -2.13. The minimum atomic E-state index is 0.644. The Morgan fingerprint density at radius 1 is 1.05 bits per heavy atom. The van der Waals surface area contributed by atoms with E-state index in [9.17, 15) is 0 Å². The van der Waals surface area contributed by atoms with Crippen molar-refractivity contribution < 1.29 is 14.2 Å². The monoisotopic (exact) mass is 281 g/mol. The molecule has 0 aromatic heterocycles. The molecule has 0 unspecified atom stereocenters. The van der Waals surface area contributed by atoms with E-state index in [0.29, 0.717) is 6.61 Å². The topological polar surface area (TPSA) is 39.7 Å². The maximum atomic E-state index is 5.76. The second-order valence-electron chi connectivity index (χ2n) is 4.59. The summed E-state index contributed by atoms with van der Waals surface area (Å²) in [5, 5.41) is 3.32. The second kappa shape index (κ2) is 10.5. The number of ether oxygens (including phenoxy) is 3. The Morgan fingerprint density at radius 3 is 2.60 bits per heavy atom. The van der Waals surface area contributed by atoms with Crippen LogP contribution in [-0.4, -0.2) is 33.5 Å². The average molecular weight is 281 g/mol. The van der Waals surface area contributed by atoms with E-state index in [1.54, 1.807) is 7.11 Å². The summed E-state index contributed by atoms with van der Waals surface area (Å²) in [5.41, 5.74) is 1.19. The quantitative estimate of drug-likeness (QED) is 0.633. The Hall–Kier alpha value is -1.26. The number of methoxy groups -OCH3 is 1. The highest BCUT2D eigenvalue weighted by molar-refractivity contribution is 5.43. The molecule has 0 saturated carbocycles. The van der Waals surface area contributed by atoms with Crippen LogP contribution in [0.1, 0.15) is 32.3 Å². The zero-order valence-electron chi connectivity index (χ0n) is 12.9. The third kappa shape index (κ3) is 6.26. The van der Waals surface area contributed by atoms with Gasteiger partial charge in [0, 0.05) is 20.2 Å². The van der Waals surface area contributed by atoms with Crippen molar-refractivity contribution in [3.05, 3.63) is 23.8 Å². The van der Waals surface area contributed by atoms with Crippen LogP contribution in [0.5, 0.6) is 11.5 Å². The van der Waals surface area contributed by atoms with Gasteiger partial charge in [-0.25, -0.2) is 0 Å². The van der Waals surface area contributed by atoms with Crippen LogP contribution in [0, 0.1) is 0 Å². The molecule has 0 amide bonds. The molecule has 0 atom stereocenters. The van der Waals surface area contributed by atoms with Crippen molar-refractivity contribution in [3.8, 4) is 11.5 Å². The molecule has 0 spiro atoms. The van der Waals surface area contributed by atoms with Crippen LogP contribution in [0.15, 0.2) is 18.2 Å². The molecule has 0 fully saturated rings. The largest absolute Gasteiger partial charge is 0.490 e. The number of hydrogen-bond donors (Lipinski definition) is 1. The summed E-state index contributed by atoms with van der Waals surface area (Å²) in [6, 6.07) is 6.11. The van der Waals surface area contributed by atoms with E-state index in [1.165, 1.54) is 5.56 Å². The van der Waals surface area contributed by atoms with Crippen LogP contribution in [0.3, 0.4) is 0 Å². The van der Waals surface area contributed by atoms with Crippen LogP contribution < -0.4 is 14.8 Å². The summed E-state index contributed by atoms with van der Waals surface area (Å²) >= 11 is 0. The Labute approximate surface area is 122 Å². The van der Waals surface area contributed by atoms with E-state index < -0.39 is 0 Å². The van der Waals surface area contributed by atoms with Crippen molar-refractivity contribution in [2.45, 2.75) is 33.2 Å². The molecule has 1 N–H and O–H groups in total. The number of rotatable bonds is 11. The first-order chi connectivity index (χ1) is 9.81. The highest BCUT2D eigenvalue weighted by Gasteiger charge is 2.06. The molecule has 0 aliphatic heterocycles. The molecule has 0 aliphatic carbocycles. The van der Waals surface area contributed by atoms with Crippen molar-refractivity contribution in [1.82, 2.24) is 5.32 Å². The zero-order valence-corrected chi connectivity index (χ0v) is 12.9. The maximum absolute atomic E-state index is 5.76. The Balaban J connectivity index is 2.58. The molecule has 0 saturated heterocycles. The molecule has 1 aromatic carbocycles. The molecule has 0 radical (unpaired) electrons. The first kappa shape index (κ1) is 16.8. The summed E-state index contributed by atoms with van der Waals surface area (Å²) in [4.78, 5) is 0. The zero-order chi connectivity index (χ0) is 14.6. The van der Waals surface area contributed by atoms with E-state index in [0.717, 1.165) is 50.6 Å². The van der Waals surface area contributed by atoms with Crippen molar-refractivity contribution in [2.24, 2.45) is 0 Å². The fourth-order valence-electron chi connectivity index (χ4n) is 1.78. The van der Waals surface area contributed by atoms with E-state index in [4.69, 9.17) is 14.2 Å². The van der Waals surface area contributed by atoms with Crippen LogP contribution in [0.25, 0.3) is 0 Å². The van der Waals surface area contributed by atoms with E-state index in [2.05, 4.69) is 18.3 Å². The van der Waals surface area contributed by atoms with Gasteiger partial charge in [0.25, 0.3) is 0 Å². The van der Waals surface area contributed by atoms with Crippen LogP contribution >= 0.6 is 0 Å². The van der Waals surface area contributed by atoms with Gasteiger partial charge in [0.2, 0.25) is 0 Å². The lowest BCUT2D eigenvalue weighted by Crippen LogP contribution is -2.18. The molecule has 114 valence electrons. The van der Waals surface area contributed by atoms with Crippen molar-refractivity contribution in [2.75, 3.05) is 33.5 Å². The average Bonchev–Trinajstić information content (AvgIpc) is 2.46. The fraction of sp³-hybridized carbons (Fsp3) is 0.625. The molecule has 0 aliphatic rings. The number of nitrogens with one attached hydrogen (secondary N) is 1. The standard InChI is InChI=1S/C16H27NO3/c1-4-6-10-20-15-8-7-14(12-16(15)19-5-2)13-17-9-11-18-3/h7-8,12,17H,4-6,9-11,13H2,1-3H3. The van der Waals surface area contributed by atoms with E-state index >= 15 is 0 Å². The van der Waals surface area contributed by atoms with Gasteiger partial charge in [-0.2, -0.15) is 0 Å². The van der Waals surface area contributed by atoms with Crippen LogP contribution in [0.2, 0.25) is 0 Å².